The zero-order chi connectivity index (χ0) is 12.8. The zero-order valence-electron chi connectivity index (χ0n) is 10.7. The molecule has 6 nitrogen and oxygen atoms in total. The highest BCUT2D eigenvalue weighted by atomic mass is 32.2. The molecule has 1 saturated carbocycles. The van der Waals surface area contributed by atoms with Gasteiger partial charge in [-0.05, 0) is 23.3 Å². The predicted octanol–water partition coefficient (Wildman–Crippen LogP) is 1.09. The van der Waals surface area contributed by atoms with E-state index < -0.39 is 0 Å². The summed E-state index contributed by atoms with van der Waals surface area (Å²) in [6.45, 7) is 0.770. The van der Waals surface area contributed by atoms with Gasteiger partial charge in [0, 0.05) is 25.4 Å². The van der Waals surface area contributed by atoms with Gasteiger partial charge in [-0.1, -0.05) is 31.0 Å². The van der Waals surface area contributed by atoms with Crippen LogP contribution in [0, 0.1) is 0 Å². The van der Waals surface area contributed by atoms with E-state index in [9.17, 15) is 4.79 Å². The van der Waals surface area contributed by atoms with Crippen molar-refractivity contribution in [1.29, 1.82) is 0 Å². The van der Waals surface area contributed by atoms with Crippen LogP contribution in [0.25, 0.3) is 0 Å². The van der Waals surface area contributed by atoms with Gasteiger partial charge in [0.15, 0.2) is 0 Å². The fourth-order valence-electron chi connectivity index (χ4n) is 2.32. The molecular weight excluding hydrogens is 250 g/mol. The van der Waals surface area contributed by atoms with Gasteiger partial charge in [-0.15, -0.1) is 5.10 Å². The minimum atomic E-state index is 0.439. The zero-order valence-corrected chi connectivity index (χ0v) is 11.5. The highest BCUT2D eigenvalue weighted by Crippen LogP contribution is 2.22. The normalized spacial score (nSPS) is 16.7. The standard InChI is InChI=1S/C11H19N5OS/c1-15-11(12-13-14-15)18-8-7-16(9-17)10-5-3-2-4-6-10/h9-10H,2-8H2,1H3. The Morgan fingerprint density at radius 3 is 2.83 bits per heavy atom. The Balaban J connectivity index is 1.76. The molecule has 1 aromatic rings. The maximum Gasteiger partial charge on any atom is 0.209 e. The van der Waals surface area contributed by atoms with Crippen LogP contribution < -0.4 is 0 Å². The second kappa shape index (κ2) is 6.72. The third kappa shape index (κ3) is 3.44. The maximum atomic E-state index is 11.1. The number of carbonyl (C=O) groups excluding carboxylic acids is 1. The van der Waals surface area contributed by atoms with E-state index in [0.29, 0.717) is 6.04 Å². The van der Waals surface area contributed by atoms with Crippen molar-refractivity contribution in [3.8, 4) is 0 Å². The summed E-state index contributed by atoms with van der Waals surface area (Å²) >= 11 is 1.59. The number of tetrazole rings is 1. The molecule has 1 aliphatic rings. The fraction of sp³-hybridized carbons (Fsp3) is 0.818. The number of aryl methyl sites for hydroxylation is 1. The highest BCUT2D eigenvalue weighted by Gasteiger charge is 2.19. The number of carbonyl (C=O) groups is 1. The molecule has 18 heavy (non-hydrogen) atoms. The van der Waals surface area contributed by atoms with Crippen LogP contribution >= 0.6 is 11.8 Å². The van der Waals surface area contributed by atoms with Crippen LogP contribution in [0.1, 0.15) is 32.1 Å². The number of hydrogen-bond donors (Lipinski definition) is 0. The SMILES string of the molecule is Cn1nnnc1SCCN(C=O)C1CCCCC1. The van der Waals surface area contributed by atoms with Crippen molar-refractivity contribution in [1.82, 2.24) is 25.1 Å². The molecule has 1 aromatic heterocycles. The summed E-state index contributed by atoms with van der Waals surface area (Å²) in [5, 5.41) is 12.1. The summed E-state index contributed by atoms with van der Waals surface area (Å²) in [6, 6.07) is 0.439. The lowest BCUT2D eigenvalue weighted by molar-refractivity contribution is -0.120. The van der Waals surface area contributed by atoms with Crippen molar-refractivity contribution in [3.63, 3.8) is 0 Å². The van der Waals surface area contributed by atoms with E-state index >= 15 is 0 Å². The molecule has 7 heteroatoms. The van der Waals surface area contributed by atoms with Crippen molar-refractivity contribution in [3.05, 3.63) is 0 Å². The van der Waals surface area contributed by atoms with E-state index in [4.69, 9.17) is 0 Å². The first-order chi connectivity index (χ1) is 8.81. The molecule has 0 spiro atoms. The maximum absolute atomic E-state index is 11.1. The molecule has 1 heterocycles. The van der Waals surface area contributed by atoms with Crippen LogP contribution in [-0.2, 0) is 11.8 Å². The first kappa shape index (κ1) is 13.3. The lowest BCUT2D eigenvalue weighted by atomic mass is 9.94. The number of rotatable bonds is 6. The fourth-order valence-corrected chi connectivity index (χ4v) is 3.12. The summed E-state index contributed by atoms with van der Waals surface area (Å²) < 4.78 is 1.65. The monoisotopic (exact) mass is 269 g/mol. The Bertz CT molecular complexity index is 377. The molecule has 0 aromatic carbocycles. The van der Waals surface area contributed by atoms with Crippen LogP contribution in [0.2, 0.25) is 0 Å². The Kier molecular flexibility index (Phi) is 4.98. The number of amides is 1. The van der Waals surface area contributed by atoms with Crippen molar-refractivity contribution in [2.45, 2.75) is 43.3 Å². The number of nitrogens with zero attached hydrogens (tertiary/aromatic N) is 5. The Morgan fingerprint density at radius 1 is 1.44 bits per heavy atom. The quantitative estimate of drug-likeness (QED) is 0.571. The molecule has 0 N–H and O–H groups in total. The van der Waals surface area contributed by atoms with E-state index in [1.807, 2.05) is 11.9 Å². The number of hydrogen-bond acceptors (Lipinski definition) is 5. The molecule has 0 atom stereocenters. The molecular formula is C11H19N5OS. The van der Waals surface area contributed by atoms with E-state index in [1.54, 1.807) is 16.4 Å². The van der Waals surface area contributed by atoms with Gasteiger partial charge in [-0.2, -0.15) is 0 Å². The summed E-state index contributed by atoms with van der Waals surface area (Å²) in [4.78, 5) is 13.1. The van der Waals surface area contributed by atoms with Gasteiger partial charge in [0.1, 0.15) is 0 Å². The highest BCUT2D eigenvalue weighted by molar-refractivity contribution is 7.99. The minimum Gasteiger partial charge on any atom is -0.341 e. The van der Waals surface area contributed by atoms with E-state index in [2.05, 4.69) is 15.5 Å². The number of thioether (sulfide) groups is 1. The van der Waals surface area contributed by atoms with Gasteiger partial charge >= 0.3 is 0 Å². The van der Waals surface area contributed by atoms with Crippen molar-refractivity contribution in [2.75, 3.05) is 12.3 Å². The Morgan fingerprint density at radius 2 is 2.22 bits per heavy atom. The van der Waals surface area contributed by atoms with Gasteiger partial charge in [0.25, 0.3) is 0 Å². The second-order valence-electron chi connectivity index (χ2n) is 4.57. The van der Waals surface area contributed by atoms with Crippen molar-refractivity contribution in [2.24, 2.45) is 7.05 Å². The summed E-state index contributed by atoms with van der Waals surface area (Å²) in [7, 11) is 1.82. The molecule has 0 aliphatic heterocycles. The first-order valence-electron chi connectivity index (χ1n) is 6.37. The molecule has 2 rings (SSSR count). The van der Waals surface area contributed by atoms with Gasteiger partial charge in [0.2, 0.25) is 11.6 Å². The molecule has 1 fully saturated rings. The third-order valence-electron chi connectivity index (χ3n) is 3.34. The molecule has 0 bridgehead atoms. The smallest absolute Gasteiger partial charge is 0.209 e. The van der Waals surface area contributed by atoms with Crippen LogP contribution in [-0.4, -0.2) is 49.9 Å². The molecule has 1 amide bonds. The first-order valence-corrected chi connectivity index (χ1v) is 7.36. The van der Waals surface area contributed by atoms with Crippen LogP contribution in [0.4, 0.5) is 0 Å². The lowest BCUT2D eigenvalue weighted by Gasteiger charge is -2.31. The van der Waals surface area contributed by atoms with Gasteiger partial charge in [0.05, 0.1) is 0 Å². The molecule has 100 valence electrons. The predicted molar refractivity (Wildman–Crippen MR) is 69.2 cm³/mol. The third-order valence-corrected chi connectivity index (χ3v) is 4.33. The minimum absolute atomic E-state index is 0.439. The van der Waals surface area contributed by atoms with Crippen molar-refractivity contribution < 1.29 is 4.79 Å². The molecule has 0 radical (unpaired) electrons. The van der Waals surface area contributed by atoms with Gasteiger partial charge < -0.3 is 4.90 Å². The van der Waals surface area contributed by atoms with Gasteiger partial charge in [-0.3, -0.25) is 4.79 Å². The topological polar surface area (TPSA) is 63.9 Å². The molecule has 0 unspecified atom stereocenters. The Labute approximate surface area is 111 Å². The second-order valence-corrected chi connectivity index (χ2v) is 5.63. The van der Waals surface area contributed by atoms with Crippen LogP contribution in [0.3, 0.4) is 0 Å². The van der Waals surface area contributed by atoms with Crippen molar-refractivity contribution >= 4 is 18.2 Å². The average molecular weight is 269 g/mol. The van der Waals surface area contributed by atoms with Crippen LogP contribution in [0.15, 0.2) is 5.16 Å². The Hall–Kier alpha value is -1.11. The van der Waals surface area contributed by atoms with E-state index in [-0.39, 0.29) is 0 Å². The summed E-state index contributed by atoms with van der Waals surface area (Å²) in [5.74, 6) is 0.837. The molecule has 1 aliphatic carbocycles. The largest absolute Gasteiger partial charge is 0.341 e. The van der Waals surface area contributed by atoms with Crippen LogP contribution in [0.5, 0.6) is 0 Å². The number of aromatic nitrogens is 4. The van der Waals surface area contributed by atoms with E-state index in [0.717, 1.165) is 36.7 Å². The average Bonchev–Trinajstić information content (AvgIpc) is 2.81. The molecule has 0 saturated heterocycles. The lowest BCUT2D eigenvalue weighted by Crippen LogP contribution is -2.37. The van der Waals surface area contributed by atoms with E-state index in [1.165, 1.54) is 19.3 Å². The van der Waals surface area contributed by atoms with Gasteiger partial charge in [-0.25, -0.2) is 4.68 Å². The summed E-state index contributed by atoms with van der Waals surface area (Å²) in [5.41, 5.74) is 0. The summed E-state index contributed by atoms with van der Waals surface area (Å²) in [6.07, 6.45) is 7.09.